The highest BCUT2D eigenvalue weighted by atomic mass is 16.5. The van der Waals surface area contributed by atoms with Gasteiger partial charge in [0.25, 0.3) is 0 Å². The Labute approximate surface area is 92.1 Å². The highest BCUT2D eigenvalue weighted by molar-refractivity contribution is 5.95. The molecule has 0 unspecified atom stereocenters. The standard InChI is InChI=1S/C12H8N2O2/c1-16-12(15)10-6-8-4-2-3-5-9(8)11(7-13)14-10/h2-6H,1H3. The first-order valence-corrected chi connectivity index (χ1v) is 4.64. The first kappa shape index (κ1) is 10.1. The number of rotatable bonds is 1. The summed E-state index contributed by atoms with van der Waals surface area (Å²) in [5, 5.41) is 10.5. The van der Waals surface area contributed by atoms with Gasteiger partial charge in [-0.05, 0) is 11.5 Å². The molecule has 0 aliphatic carbocycles. The molecule has 1 aromatic carbocycles. The Balaban J connectivity index is 2.74. The maximum absolute atomic E-state index is 11.3. The summed E-state index contributed by atoms with van der Waals surface area (Å²) in [6.45, 7) is 0. The van der Waals surface area contributed by atoms with Crippen LogP contribution in [0.2, 0.25) is 0 Å². The molecule has 0 fully saturated rings. The fraction of sp³-hybridized carbons (Fsp3) is 0.0833. The van der Waals surface area contributed by atoms with Crippen LogP contribution < -0.4 is 0 Å². The molecule has 0 bridgehead atoms. The topological polar surface area (TPSA) is 63.0 Å². The molecule has 0 radical (unpaired) electrons. The largest absolute Gasteiger partial charge is 0.464 e. The zero-order valence-corrected chi connectivity index (χ0v) is 8.60. The fourth-order valence-electron chi connectivity index (χ4n) is 1.49. The Hall–Kier alpha value is -2.41. The van der Waals surface area contributed by atoms with E-state index in [1.165, 1.54) is 7.11 Å². The van der Waals surface area contributed by atoms with Gasteiger partial charge in [-0.15, -0.1) is 0 Å². The normalized spacial score (nSPS) is 9.75. The van der Waals surface area contributed by atoms with Gasteiger partial charge in [-0.1, -0.05) is 24.3 Å². The lowest BCUT2D eigenvalue weighted by Gasteiger charge is -2.02. The van der Waals surface area contributed by atoms with E-state index < -0.39 is 5.97 Å². The van der Waals surface area contributed by atoms with Gasteiger partial charge in [-0.2, -0.15) is 5.26 Å². The van der Waals surface area contributed by atoms with Crippen LogP contribution in [0.5, 0.6) is 0 Å². The number of ether oxygens (including phenoxy) is 1. The Morgan fingerprint density at radius 3 is 2.88 bits per heavy atom. The fourth-order valence-corrected chi connectivity index (χ4v) is 1.49. The Bertz CT molecular complexity index is 599. The molecule has 0 aliphatic heterocycles. The summed E-state index contributed by atoms with van der Waals surface area (Å²) in [6.07, 6.45) is 0. The van der Waals surface area contributed by atoms with Gasteiger partial charge >= 0.3 is 5.97 Å². The molecule has 2 aromatic rings. The highest BCUT2D eigenvalue weighted by Gasteiger charge is 2.11. The molecule has 0 saturated heterocycles. The minimum absolute atomic E-state index is 0.151. The van der Waals surface area contributed by atoms with Crippen molar-refractivity contribution in [2.75, 3.05) is 7.11 Å². The third kappa shape index (κ3) is 1.59. The second-order valence-corrected chi connectivity index (χ2v) is 3.18. The Kier molecular flexibility index (Phi) is 2.52. The number of hydrogen-bond donors (Lipinski definition) is 0. The van der Waals surface area contributed by atoms with Crippen LogP contribution in [0, 0.1) is 11.3 Å². The van der Waals surface area contributed by atoms with Crippen molar-refractivity contribution >= 4 is 16.7 Å². The molecular formula is C12H8N2O2. The summed E-state index contributed by atoms with van der Waals surface area (Å²) in [7, 11) is 1.28. The van der Waals surface area contributed by atoms with Gasteiger partial charge in [0.05, 0.1) is 7.11 Å². The molecule has 2 rings (SSSR count). The predicted molar refractivity (Wildman–Crippen MR) is 57.8 cm³/mol. The number of carbonyl (C=O) groups excluding carboxylic acids is 1. The van der Waals surface area contributed by atoms with Crippen molar-refractivity contribution < 1.29 is 9.53 Å². The van der Waals surface area contributed by atoms with Crippen LogP contribution in [0.25, 0.3) is 10.8 Å². The first-order chi connectivity index (χ1) is 7.76. The zero-order valence-electron chi connectivity index (χ0n) is 8.60. The maximum atomic E-state index is 11.3. The molecule has 0 amide bonds. The van der Waals surface area contributed by atoms with Gasteiger partial charge in [0.2, 0.25) is 0 Å². The van der Waals surface area contributed by atoms with E-state index in [0.717, 1.165) is 10.8 Å². The van der Waals surface area contributed by atoms with Crippen LogP contribution in [0.3, 0.4) is 0 Å². The minimum Gasteiger partial charge on any atom is -0.464 e. The van der Waals surface area contributed by atoms with Crippen molar-refractivity contribution in [3.05, 3.63) is 41.7 Å². The molecule has 78 valence electrons. The Morgan fingerprint density at radius 2 is 2.19 bits per heavy atom. The summed E-state index contributed by atoms with van der Waals surface area (Å²) >= 11 is 0. The smallest absolute Gasteiger partial charge is 0.356 e. The van der Waals surface area contributed by atoms with Crippen LogP contribution in [0.4, 0.5) is 0 Å². The number of benzene rings is 1. The van der Waals surface area contributed by atoms with Crippen molar-refractivity contribution in [3.63, 3.8) is 0 Å². The number of hydrogen-bond acceptors (Lipinski definition) is 4. The number of carbonyl (C=O) groups is 1. The number of esters is 1. The summed E-state index contributed by atoms with van der Waals surface area (Å²) in [4.78, 5) is 15.3. The van der Waals surface area contributed by atoms with Crippen LogP contribution in [-0.4, -0.2) is 18.1 Å². The lowest BCUT2D eigenvalue weighted by atomic mass is 10.1. The van der Waals surface area contributed by atoms with Gasteiger partial charge in [-0.25, -0.2) is 9.78 Å². The van der Waals surface area contributed by atoms with E-state index in [9.17, 15) is 4.79 Å². The van der Waals surface area contributed by atoms with E-state index in [1.54, 1.807) is 12.1 Å². The quantitative estimate of drug-likeness (QED) is 0.677. The third-order valence-electron chi connectivity index (χ3n) is 2.24. The highest BCUT2D eigenvalue weighted by Crippen LogP contribution is 2.18. The maximum Gasteiger partial charge on any atom is 0.356 e. The first-order valence-electron chi connectivity index (χ1n) is 4.64. The molecule has 4 nitrogen and oxygen atoms in total. The van der Waals surface area contributed by atoms with Crippen molar-refractivity contribution in [2.24, 2.45) is 0 Å². The molecule has 0 aliphatic rings. The Morgan fingerprint density at radius 1 is 1.44 bits per heavy atom. The van der Waals surface area contributed by atoms with Crippen LogP contribution in [0.15, 0.2) is 30.3 Å². The molecular weight excluding hydrogens is 204 g/mol. The van der Waals surface area contributed by atoms with E-state index in [-0.39, 0.29) is 11.4 Å². The van der Waals surface area contributed by atoms with Crippen molar-refractivity contribution in [1.82, 2.24) is 4.98 Å². The average molecular weight is 212 g/mol. The number of pyridine rings is 1. The minimum atomic E-state index is -0.540. The van der Waals surface area contributed by atoms with E-state index in [4.69, 9.17) is 5.26 Å². The van der Waals surface area contributed by atoms with E-state index in [2.05, 4.69) is 9.72 Å². The van der Waals surface area contributed by atoms with Gasteiger partial charge in [0.1, 0.15) is 11.8 Å². The van der Waals surface area contributed by atoms with E-state index in [0.29, 0.717) is 0 Å². The molecule has 0 atom stereocenters. The number of nitrogens with zero attached hydrogens (tertiary/aromatic N) is 2. The van der Waals surface area contributed by atoms with Crippen molar-refractivity contribution in [2.45, 2.75) is 0 Å². The lowest BCUT2D eigenvalue weighted by Crippen LogP contribution is -2.05. The molecule has 0 N–H and O–H groups in total. The van der Waals surface area contributed by atoms with Gasteiger partial charge in [-0.3, -0.25) is 0 Å². The predicted octanol–water partition coefficient (Wildman–Crippen LogP) is 1.89. The third-order valence-corrected chi connectivity index (χ3v) is 2.24. The average Bonchev–Trinajstić information content (AvgIpc) is 2.36. The van der Waals surface area contributed by atoms with E-state index >= 15 is 0 Å². The summed E-state index contributed by atoms with van der Waals surface area (Å²) < 4.78 is 4.57. The summed E-state index contributed by atoms with van der Waals surface area (Å²) in [5.74, 6) is -0.540. The van der Waals surface area contributed by atoms with Crippen LogP contribution in [0.1, 0.15) is 16.2 Å². The number of methoxy groups -OCH3 is 1. The molecule has 0 saturated carbocycles. The molecule has 4 heteroatoms. The molecule has 1 heterocycles. The van der Waals surface area contributed by atoms with Gasteiger partial charge in [0, 0.05) is 5.39 Å². The van der Waals surface area contributed by atoms with Crippen LogP contribution >= 0.6 is 0 Å². The number of aromatic nitrogens is 1. The molecule has 1 aromatic heterocycles. The van der Waals surface area contributed by atoms with Crippen molar-refractivity contribution in [3.8, 4) is 6.07 Å². The van der Waals surface area contributed by atoms with Gasteiger partial charge < -0.3 is 4.74 Å². The SMILES string of the molecule is COC(=O)c1cc2ccccc2c(C#N)n1. The van der Waals surface area contributed by atoms with Crippen molar-refractivity contribution in [1.29, 1.82) is 5.26 Å². The second-order valence-electron chi connectivity index (χ2n) is 3.18. The lowest BCUT2D eigenvalue weighted by molar-refractivity contribution is 0.0594. The zero-order chi connectivity index (χ0) is 11.5. The van der Waals surface area contributed by atoms with E-state index in [1.807, 2.05) is 24.3 Å². The number of fused-ring (bicyclic) bond motifs is 1. The van der Waals surface area contributed by atoms with Gasteiger partial charge in [0.15, 0.2) is 5.69 Å². The molecule has 16 heavy (non-hydrogen) atoms. The summed E-state index contributed by atoms with van der Waals surface area (Å²) in [5.41, 5.74) is 0.385. The van der Waals surface area contributed by atoms with Crippen LogP contribution in [-0.2, 0) is 4.74 Å². The monoisotopic (exact) mass is 212 g/mol. The second kappa shape index (κ2) is 3.99. The number of nitriles is 1. The summed E-state index contributed by atoms with van der Waals surface area (Å²) in [6, 6.07) is 10.9. The molecule has 0 spiro atoms.